The van der Waals surface area contributed by atoms with Crippen molar-refractivity contribution in [2.45, 2.75) is 38.1 Å². The van der Waals surface area contributed by atoms with E-state index in [0.29, 0.717) is 41.2 Å². The molecule has 0 aliphatic carbocycles. The van der Waals surface area contributed by atoms with Crippen LogP contribution in [0.15, 0.2) is 54.1 Å². The SMILES string of the molecule is C[C@H](N)C(=O)OCC1CC(c2ccc(-c3ccc(N4C[C@H](Cn5ccnn5)OC4=O)cc3F)cn2)=NO1. The molecule has 1 unspecified atom stereocenters. The molecule has 1 amide bonds. The molecular formula is C24H24FN7O5. The Kier molecular flexibility index (Phi) is 6.77. The Morgan fingerprint density at radius 2 is 2.16 bits per heavy atom. The van der Waals surface area contributed by atoms with Crippen molar-refractivity contribution < 1.29 is 28.3 Å². The number of hydrogen-bond acceptors (Lipinski definition) is 10. The van der Waals surface area contributed by atoms with E-state index >= 15 is 4.39 Å². The third-order valence-corrected chi connectivity index (χ3v) is 5.89. The largest absolute Gasteiger partial charge is 0.460 e. The molecule has 2 aliphatic rings. The summed E-state index contributed by atoms with van der Waals surface area (Å²) in [5, 5.41) is 11.6. The van der Waals surface area contributed by atoms with Gasteiger partial charge in [0.15, 0.2) is 6.10 Å². The summed E-state index contributed by atoms with van der Waals surface area (Å²) in [5.41, 5.74) is 7.93. The van der Waals surface area contributed by atoms with Gasteiger partial charge in [0.2, 0.25) is 0 Å². The molecule has 2 aromatic heterocycles. The number of aromatic nitrogens is 4. The smallest absolute Gasteiger partial charge is 0.414 e. The number of amides is 1. The van der Waals surface area contributed by atoms with Crippen LogP contribution in [0.25, 0.3) is 11.1 Å². The summed E-state index contributed by atoms with van der Waals surface area (Å²) >= 11 is 0. The molecule has 2 aliphatic heterocycles. The molecule has 0 saturated carbocycles. The van der Waals surface area contributed by atoms with E-state index in [-0.39, 0.29) is 13.2 Å². The molecule has 0 spiro atoms. The van der Waals surface area contributed by atoms with E-state index in [4.69, 9.17) is 20.0 Å². The van der Waals surface area contributed by atoms with Crippen LogP contribution in [-0.4, -0.2) is 69.2 Å². The Hall–Kier alpha value is -4.39. The van der Waals surface area contributed by atoms with Crippen LogP contribution in [0, 0.1) is 5.82 Å². The molecule has 0 bridgehead atoms. The van der Waals surface area contributed by atoms with E-state index in [1.807, 2.05) is 0 Å². The number of pyridine rings is 1. The predicted octanol–water partition coefficient (Wildman–Crippen LogP) is 1.89. The summed E-state index contributed by atoms with van der Waals surface area (Å²) in [4.78, 5) is 35.0. The standard InChI is InChI=1S/C24H24FN7O5/c1-14(26)23(33)35-13-17-9-22(29-37-17)21-5-2-15(10-27-21)19-4-3-16(8-20(19)25)32-12-18(36-24(32)34)11-31-7-6-28-30-31/h2-8,10,14,17-18H,9,11-13,26H2,1H3/t14-,17?,18-/m0/s1. The maximum absolute atomic E-state index is 15.1. The van der Waals surface area contributed by atoms with Gasteiger partial charge in [-0.15, -0.1) is 5.10 Å². The number of ether oxygens (including phenoxy) is 2. The van der Waals surface area contributed by atoms with Crippen molar-refractivity contribution in [3.8, 4) is 11.1 Å². The molecular weight excluding hydrogens is 485 g/mol. The number of benzene rings is 1. The molecule has 2 N–H and O–H groups in total. The predicted molar refractivity (Wildman–Crippen MR) is 128 cm³/mol. The third-order valence-electron chi connectivity index (χ3n) is 5.89. The molecule has 0 radical (unpaired) electrons. The number of nitrogens with two attached hydrogens (primary N) is 1. The lowest BCUT2D eigenvalue weighted by molar-refractivity contribution is -0.148. The number of anilines is 1. The van der Waals surface area contributed by atoms with Crippen LogP contribution in [0.1, 0.15) is 19.0 Å². The summed E-state index contributed by atoms with van der Waals surface area (Å²) < 4.78 is 27.1. The van der Waals surface area contributed by atoms with Crippen LogP contribution in [0.2, 0.25) is 0 Å². The van der Waals surface area contributed by atoms with Crippen molar-refractivity contribution in [2.24, 2.45) is 10.9 Å². The van der Waals surface area contributed by atoms with Gasteiger partial charge >= 0.3 is 12.1 Å². The highest BCUT2D eigenvalue weighted by Crippen LogP contribution is 2.29. The number of halogens is 1. The molecule has 1 aromatic carbocycles. The minimum atomic E-state index is -0.711. The van der Waals surface area contributed by atoms with Crippen LogP contribution >= 0.6 is 0 Å². The number of rotatable bonds is 8. The van der Waals surface area contributed by atoms with Crippen LogP contribution in [0.4, 0.5) is 14.9 Å². The van der Waals surface area contributed by atoms with Gasteiger partial charge in [-0.05, 0) is 31.2 Å². The lowest BCUT2D eigenvalue weighted by Crippen LogP contribution is -2.31. The zero-order valence-electron chi connectivity index (χ0n) is 19.9. The quantitative estimate of drug-likeness (QED) is 0.450. The fraction of sp³-hybridized carbons (Fsp3) is 0.333. The highest BCUT2D eigenvalue weighted by atomic mass is 19.1. The van der Waals surface area contributed by atoms with Crippen LogP contribution in [0.5, 0.6) is 0 Å². The molecule has 5 rings (SSSR count). The second-order valence-corrected chi connectivity index (χ2v) is 8.73. The Bertz CT molecular complexity index is 1310. The number of oxime groups is 1. The summed E-state index contributed by atoms with van der Waals surface area (Å²) in [6.07, 6.45) is 3.77. The zero-order valence-corrected chi connectivity index (χ0v) is 19.9. The number of hydrogen-bond donors (Lipinski definition) is 1. The van der Waals surface area contributed by atoms with E-state index < -0.39 is 36.1 Å². The fourth-order valence-corrected chi connectivity index (χ4v) is 3.97. The first-order chi connectivity index (χ1) is 17.9. The van der Waals surface area contributed by atoms with Gasteiger partial charge in [-0.2, -0.15) is 0 Å². The van der Waals surface area contributed by atoms with Crippen molar-refractivity contribution in [2.75, 3.05) is 18.1 Å². The van der Waals surface area contributed by atoms with Crippen molar-refractivity contribution in [1.82, 2.24) is 20.0 Å². The normalized spacial score (nSPS) is 19.8. The summed E-state index contributed by atoms with van der Waals surface area (Å²) in [7, 11) is 0. The highest BCUT2D eigenvalue weighted by Gasteiger charge is 2.33. The molecule has 13 heteroatoms. The number of esters is 1. The third kappa shape index (κ3) is 5.40. The maximum atomic E-state index is 15.1. The average Bonchev–Trinajstić information content (AvgIpc) is 3.65. The number of carbonyl (C=O) groups excluding carboxylic acids is 2. The monoisotopic (exact) mass is 509 g/mol. The van der Waals surface area contributed by atoms with Gasteiger partial charge < -0.3 is 20.0 Å². The zero-order chi connectivity index (χ0) is 25.9. The van der Waals surface area contributed by atoms with E-state index in [0.717, 1.165) is 0 Å². The van der Waals surface area contributed by atoms with Gasteiger partial charge in [-0.3, -0.25) is 14.7 Å². The Morgan fingerprint density at radius 3 is 2.86 bits per heavy atom. The first-order valence-electron chi connectivity index (χ1n) is 11.6. The minimum absolute atomic E-state index is 0.0365. The lowest BCUT2D eigenvalue weighted by atomic mass is 10.0. The molecule has 1 fully saturated rings. The minimum Gasteiger partial charge on any atom is -0.460 e. The second kappa shape index (κ2) is 10.3. The molecule has 37 heavy (non-hydrogen) atoms. The van der Waals surface area contributed by atoms with Gasteiger partial charge in [0.25, 0.3) is 0 Å². The van der Waals surface area contributed by atoms with Crippen LogP contribution < -0.4 is 10.6 Å². The molecule has 1 saturated heterocycles. The Labute approximate surface area is 210 Å². The van der Waals surface area contributed by atoms with Gasteiger partial charge in [0.1, 0.15) is 30.3 Å². The number of nitrogens with zero attached hydrogens (tertiary/aromatic N) is 6. The second-order valence-electron chi connectivity index (χ2n) is 8.73. The molecule has 12 nitrogen and oxygen atoms in total. The number of carbonyl (C=O) groups is 2. The van der Waals surface area contributed by atoms with Gasteiger partial charge in [0, 0.05) is 29.9 Å². The summed E-state index contributed by atoms with van der Waals surface area (Å²) in [6.45, 7) is 2.20. The molecule has 3 aromatic rings. The van der Waals surface area contributed by atoms with E-state index in [9.17, 15) is 9.59 Å². The van der Waals surface area contributed by atoms with Gasteiger partial charge in [0.05, 0.1) is 30.7 Å². The van der Waals surface area contributed by atoms with Crippen molar-refractivity contribution >= 4 is 23.5 Å². The highest BCUT2D eigenvalue weighted by molar-refractivity contribution is 5.99. The van der Waals surface area contributed by atoms with Gasteiger partial charge in [-0.25, -0.2) is 13.9 Å². The van der Waals surface area contributed by atoms with Gasteiger partial charge in [-0.1, -0.05) is 16.4 Å². The molecule has 4 heterocycles. The van der Waals surface area contributed by atoms with Crippen LogP contribution in [0.3, 0.4) is 0 Å². The van der Waals surface area contributed by atoms with Crippen molar-refractivity contribution in [1.29, 1.82) is 0 Å². The first kappa shape index (κ1) is 24.3. The van der Waals surface area contributed by atoms with E-state index in [1.165, 1.54) is 17.2 Å². The number of cyclic esters (lactones) is 1. The topological polar surface area (TPSA) is 147 Å². The Morgan fingerprint density at radius 1 is 1.30 bits per heavy atom. The van der Waals surface area contributed by atoms with Crippen molar-refractivity contribution in [3.05, 3.63) is 60.4 Å². The van der Waals surface area contributed by atoms with Crippen LogP contribution in [-0.2, 0) is 25.7 Å². The Balaban J connectivity index is 1.21. The summed E-state index contributed by atoms with van der Waals surface area (Å²) in [6, 6.07) is 7.29. The lowest BCUT2D eigenvalue weighted by Gasteiger charge is -2.14. The fourth-order valence-electron chi connectivity index (χ4n) is 3.97. The van der Waals surface area contributed by atoms with E-state index in [1.54, 1.807) is 48.3 Å². The average molecular weight is 509 g/mol. The summed E-state index contributed by atoms with van der Waals surface area (Å²) in [5.74, 6) is -1.02. The maximum Gasteiger partial charge on any atom is 0.414 e. The molecule has 192 valence electrons. The first-order valence-corrected chi connectivity index (χ1v) is 11.6. The molecule has 3 atom stereocenters. The van der Waals surface area contributed by atoms with Crippen molar-refractivity contribution in [3.63, 3.8) is 0 Å². The van der Waals surface area contributed by atoms with E-state index in [2.05, 4.69) is 20.5 Å².